The molecule has 0 saturated carbocycles. The molecule has 0 aliphatic rings. The van der Waals surface area contributed by atoms with Crippen LogP contribution >= 0.6 is 0 Å². The van der Waals surface area contributed by atoms with Gasteiger partial charge in [0.2, 0.25) is 0 Å². The van der Waals surface area contributed by atoms with Gasteiger partial charge < -0.3 is 14.8 Å². The summed E-state index contributed by atoms with van der Waals surface area (Å²) in [5.41, 5.74) is 2.40. The summed E-state index contributed by atoms with van der Waals surface area (Å²) in [7, 11) is 1.52. The van der Waals surface area contributed by atoms with E-state index in [0.29, 0.717) is 18.0 Å². The Bertz CT molecular complexity index is 1030. The number of nitrogens with zero attached hydrogens (tertiary/aromatic N) is 2. The van der Waals surface area contributed by atoms with Crippen molar-refractivity contribution in [2.75, 3.05) is 12.4 Å². The molecule has 1 aromatic heterocycles. The smallest absolute Gasteiger partial charge is 0.331 e. The van der Waals surface area contributed by atoms with E-state index in [-0.39, 0.29) is 0 Å². The number of aromatic nitrogens is 2. The minimum Gasteiger partial charge on any atom is -0.495 e. The van der Waals surface area contributed by atoms with E-state index in [1.807, 2.05) is 36.5 Å². The predicted octanol–water partition coefficient (Wildman–Crippen LogP) is 3.52. The number of anilines is 1. The highest BCUT2D eigenvalue weighted by Crippen LogP contribution is 2.23. The Kier molecular flexibility index (Phi) is 7.00. The summed E-state index contributed by atoms with van der Waals surface area (Å²) < 4.78 is 12.2. The highest BCUT2D eigenvalue weighted by Gasteiger charge is 2.18. The normalized spacial score (nSPS) is 11.8. The van der Waals surface area contributed by atoms with Crippen molar-refractivity contribution < 1.29 is 19.1 Å². The Morgan fingerprint density at radius 1 is 1.13 bits per heavy atom. The summed E-state index contributed by atoms with van der Waals surface area (Å²) >= 11 is 0. The van der Waals surface area contributed by atoms with Crippen molar-refractivity contribution in [1.29, 1.82) is 0 Å². The number of para-hydroxylation sites is 2. The van der Waals surface area contributed by atoms with Gasteiger partial charge in [-0.25, -0.2) is 4.79 Å². The fourth-order valence-corrected chi connectivity index (χ4v) is 2.74. The molecule has 7 nitrogen and oxygen atoms in total. The van der Waals surface area contributed by atoms with E-state index in [4.69, 9.17) is 9.47 Å². The van der Waals surface area contributed by atoms with Gasteiger partial charge in [-0.15, -0.1) is 0 Å². The molecule has 0 aliphatic heterocycles. The third kappa shape index (κ3) is 5.81. The zero-order chi connectivity index (χ0) is 21.3. The number of rotatable bonds is 8. The summed E-state index contributed by atoms with van der Waals surface area (Å²) in [6, 6.07) is 17.0. The van der Waals surface area contributed by atoms with Crippen LogP contribution in [0.25, 0.3) is 6.08 Å². The number of nitrogens with one attached hydrogen (secondary N) is 1. The molecule has 154 valence electrons. The molecule has 1 heterocycles. The maximum Gasteiger partial charge on any atom is 0.331 e. The molecule has 0 radical (unpaired) electrons. The number of methoxy groups -OCH3 is 1. The fourth-order valence-electron chi connectivity index (χ4n) is 2.74. The molecule has 0 aliphatic carbocycles. The molecule has 7 heteroatoms. The van der Waals surface area contributed by atoms with E-state index in [1.165, 1.54) is 20.1 Å². The first-order valence-electron chi connectivity index (χ1n) is 9.44. The summed E-state index contributed by atoms with van der Waals surface area (Å²) in [5.74, 6) is -0.540. The Balaban J connectivity index is 1.52. The van der Waals surface area contributed by atoms with Gasteiger partial charge in [0, 0.05) is 17.8 Å². The Hall–Kier alpha value is -3.87. The van der Waals surface area contributed by atoms with E-state index in [0.717, 1.165) is 11.1 Å². The van der Waals surface area contributed by atoms with Crippen LogP contribution in [0.2, 0.25) is 0 Å². The number of benzene rings is 2. The molecule has 0 saturated heterocycles. The maximum atomic E-state index is 12.3. The average molecular weight is 405 g/mol. The van der Waals surface area contributed by atoms with Gasteiger partial charge in [0.15, 0.2) is 6.10 Å². The van der Waals surface area contributed by atoms with Gasteiger partial charge in [0.25, 0.3) is 5.91 Å². The van der Waals surface area contributed by atoms with Crippen molar-refractivity contribution in [2.45, 2.75) is 19.6 Å². The number of amides is 1. The molecule has 0 spiro atoms. The molecular formula is C23H23N3O4. The molecule has 1 amide bonds. The van der Waals surface area contributed by atoms with Crippen LogP contribution in [0.1, 0.15) is 18.1 Å². The molecule has 30 heavy (non-hydrogen) atoms. The molecule has 0 bridgehead atoms. The van der Waals surface area contributed by atoms with E-state index in [9.17, 15) is 9.59 Å². The number of hydrogen-bond donors (Lipinski definition) is 1. The Labute approximate surface area is 174 Å². The van der Waals surface area contributed by atoms with Gasteiger partial charge in [0.05, 0.1) is 25.5 Å². The van der Waals surface area contributed by atoms with E-state index < -0.39 is 18.0 Å². The lowest BCUT2D eigenvalue weighted by Crippen LogP contribution is -2.29. The van der Waals surface area contributed by atoms with Gasteiger partial charge in [-0.05, 0) is 30.7 Å². The minimum absolute atomic E-state index is 0.447. The first-order chi connectivity index (χ1) is 14.5. The summed E-state index contributed by atoms with van der Waals surface area (Å²) in [4.78, 5) is 24.3. The number of carbonyl (C=O) groups excluding carboxylic acids is 2. The lowest BCUT2D eigenvalue weighted by molar-refractivity contribution is -0.148. The van der Waals surface area contributed by atoms with E-state index in [1.54, 1.807) is 41.2 Å². The summed E-state index contributed by atoms with van der Waals surface area (Å²) in [5, 5.41) is 6.97. The third-order valence-corrected chi connectivity index (χ3v) is 4.28. The van der Waals surface area contributed by atoms with Gasteiger partial charge in [0.1, 0.15) is 5.75 Å². The van der Waals surface area contributed by atoms with Crippen molar-refractivity contribution in [1.82, 2.24) is 9.78 Å². The van der Waals surface area contributed by atoms with Crippen molar-refractivity contribution >= 4 is 23.6 Å². The van der Waals surface area contributed by atoms with Crippen LogP contribution in [-0.2, 0) is 20.9 Å². The van der Waals surface area contributed by atoms with Gasteiger partial charge in [-0.1, -0.05) is 42.5 Å². The lowest BCUT2D eigenvalue weighted by atomic mass is 10.2. The number of esters is 1. The lowest BCUT2D eigenvalue weighted by Gasteiger charge is -2.14. The van der Waals surface area contributed by atoms with Crippen LogP contribution in [-0.4, -0.2) is 34.9 Å². The average Bonchev–Trinajstić information content (AvgIpc) is 3.20. The van der Waals surface area contributed by atoms with E-state index in [2.05, 4.69) is 10.4 Å². The molecule has 0 unspecified atom stereocenters. The maximum absolute atomic E-state index is 12.3. The fraction of sp³-hybridized carbons (Fsp3) is 0.174. The standard InChI is InChI=1S/C23H23N3O4/c1-17(23(28)25-20-10-6-7-11-21(20)29-2)30-22(27)13-12-19-14-24-26(16-19)15-18-8-4-3-5-9-18/h3-14,16-17H,15H2,1-2H3,(H,25,28)/b13-12+/t17-/m0/s1. The number of ether oxygens (including phenoxy) is 2. The minimum atomic E-state index is -0.965. The second-order valence-electron chi connectivity index (χ2n) is 6.56. The third-order valence-electron chi connectivity index (χ3n) is 4.28. The molecule has 2 aromatic carbocycles. The molecule has 0 fully saturated rings. The van der Waals surface area contributed by atoms with Crippen LogP contribution in [0.3, 0.4) is 0 Å². The second-order valence-corrected chi connectivity index (χ2v) is 6.56. The van der Waals surface area contributed by atoms with E-state index >= 15 is 0 Å². The van der Waals surface area contributed by atoms with Crippen LogP contribution in [0.4, 0.5) is 5.69 Å². The summed E-state index contributed by atoms with van der Waals surface area (Å²) in [6.45, 7) is 2.15. The highest BCUT2D eigenvalue weighted by molar-refractivity contribution is 5.97. The highest BCUT2D eigenvalue weighted by atomic mass is 16.5. The first kappa shape index (κ1) is 20.9. The first-order valence-corrected chi connectivity index (χ1v) is 9.44. The van der Waals surface area contributed by atoms with Crippen molar-refractivity contribution in [3.63, 3.8) is 0 Å². The monoisotopic (exact) mass is 405 g/mol. The molecule has 3 rings (SSSR count). The van der Waals surface area contributed by atoms with Crippen LogP contribution in [0.15, 0.2) is 73.1 Å². The van der Waals surface area contributed by atoms with Crippen molar-refractivity contribution in [2.24, 2.45) is 0 Å². The summed E-state index contributed by atoms with van der Waals surface area (Å²) in [6.07, 6.45) is 5.39. The zero-order valence-electron chi connectivity index (χ0n) is 16.8. The second kappa shape index (κ2) is 10.1. The number of carbonyl (C=O) groups is 2. The quantitative estimate of drug-likeness (QED) is 0.458. The Morgan fingerprint density at radius 2 is 1.87 bits per heavy atom. The molecule has 1 N–H and O–H groups in total. The molecule has 3 aromatic rings. The van der Waals surface area contributed by atoms with Crippen LogP contribution in [0, 0.1) is 0 Å². The predicted molar refractivity (Wildman–Crippen MR) is 114 cm³/mol. The van der Waals surface area contributed by atoms with Crippen LogP contribution in [0.5, 0.6) is 5.75 Å². The molecule has 1 atom stereocenters. The van der Waals surface area contributed by atoms with Crippen molar-refractivity contribution in [3.05, 3.63) is 84.2 Å². The Morgan fingerprint density at radius 3 is 2.63 bits per heavy atom. The molecular weight excluding hydrogens is 382 g/mol. The van der Waals surface area contributed by atoms with Gasteiger partial charge in [-0.2, -0.15) is 5.10 Å². The van der Waals surface area contributed by atoms with Gasteiger partial charge in [-0.3, -0.25) is 9.48 Å². The van der Waals surface area contributed by atoms with Crippen molar-refractivity contribution in [3.8, 4) is 5.75 Å². The SMILES string of the molecule is COc1ccccc1NC(=O)[C@H](C)OC(=O)/C=C/c1cnn(Cc2ccccc2)c1. The van der Waals surface area contributed by atoms with Crippen LogP contribution < -0.4 is 10.1 Å². The zero-order valence-corrected chi connectivity index (χ0v) is 16.8. The number of hydrogen-bond acceptors (Lipinski definition) is 5. The topological polar surface area (TPSA) is 82.4 Å². The van der Waals surface area contributed by atoms with Gasteiger partial charge >= 0.3 is 5.97 Å². The largest absolute Gasteiger partial charge is 0.495 e.